The maximum absolute atomic E-state index is 8.78. The second kappa shape index (κ2) is 7.62. The normalized spacial score (nSPS) is 22.9. The lowest BCUT2D eigenvalue weighted by Gasteiger charge is -2.38. The molecule has 1 aliphatic rings. The molecule has 20 heavy (non-hydrogen) atoms. The van der Waals surface area contributed by atoms with Gasteiger partial charge in [-0.1, -0.05) is 29.3 Å². The number of aliphatic hydroxyl groups excluding tert-OH is 1. The largest absolute Gasteiger partial charge is 0.394 e. The van der Waals surface area contributed by atoms with Crippen molar-refractivity contribution >= 4 is 23.2 Å². The molecule has 0 aliphatic carbocycles. The number of halogens is 2. The fraction of sp³-hybridized carbons (Fsp3) is 0.600. The number of rotatable bonds is 6. The summed E-state index contributed by atoms with van der Waals surface area (Å²) >= 11 is 12.2. The van der Waals surface area contributed by atoms with E-state index < -0.39 is 0 Å². The molecule has 1 aliphatic heterocycles. The highest BCUT2D eigenvalue weighted by Crippen LogP contribution is 2.37. The third-order valence-corrected chi connectivity index (χ3v) is 4.70. The predicted octanol–water partition coefficient (Wildman–Crippen LogP) is 3.01. The molecule has 2 rings (SSSR count). The highest BCUT2D eigenvalue weighted by atomic mass is 35.5. The van der Waals surface area contributed by atoms with Crippen LogP contribution in [0.3, 0.4) is 0 Å². The summed E-state index contributed by atoms with van der Waals surface area (Å²) in [5.41, 5.74) is 1.26. The van der Waals surface area contributed by atoms with Crippen LogP contribution in [-0.2, 0) is 10.2 Å². The lowest BCUT2D eigenvalue weighted by molar-refractivity contribution is 0.0748. The number of ether oxygens (including phenoxy) is 1. The molecule has 0 amide bonds. The Kier molecular flexibility index (Phi) is 6.12. The summed E-state index contributed by atoms with van der Waals surface area (Å²) in [4.78, 5) is 0. The summed E-state index contributed by atoms with van der Waals surface area (Å²) in [5, 5.41) is 13.4. The van der Waals surface area contributed by atoms with Gasteiger partial charge in [-0.05, 0) is 43.5 Å². The number of nitrogens with one attached hydrogen (secondary N) is 1. The van der Waals surface area contributed by atoms with E-state index in [4.69, 9.17) is 33.0 Å². The van der Waals surface area contributed by atoms with E-state index in [-0.39, 0.29) is 12.0 Å². The van der Waals surface area contributed by atoms with Crippen LogP contribution >= 0.6 is 23.2 Å². The molecule has 1 heterocycles. The molecule has 1 saturated heterocycles. The number of hydrogen-bond acceptors (Lipinski definition) is 3. The van der Waals surface area contributed by atoms with Crippen molar-refractivity contribution in [3.8, 4) is 0 Å². The van der Waals surface area contributed by atoms with Crippen molar-refractivity contribution in [1.82, 2.24) is 5.32 Å². The van der Waals surface area contributed by atoms with Crippen LogP contribution in [0.15, 0.2) is 18.2 Å². The first-order valence-corrected chi connectivity index (χ1v) is 7.78. The highest BCUT2D eigenvalue weighted by molar-refractivity contribution is 6.42. The van der Waals surface area contributed by atoms with Crippen LogP contribution in [0.25, 0.3) is 0 Å². The van der Waals surface area contributed by atoms with Gasteiger partial charge in [0, 0.05) is 18.6 Å². The maximum atomic E-state index is 8.78. The topological polar surface area (TPSA) is 41.5 Å². The van der Waals surface area contributed by atoms with Gasteiger partial charge in [0.1, 0.15) is 0 Å². The zero-order valence-corrected chi connectivity index (χ0v) is 13.0. The second-order valence-corrected chi connectivity index (χ2v) is 6.09. The molecule has 0 spiro atoms. The van der Waals surface area contributed by atoms with E-state index in [2.05, 4.69) is 11.4 Å². The molecule has 1 fully saturated rings. The van der Waals surface area contributed by atoms with Crippen molar-refractivity contribution in [1.29, 1.82) is 0 Å². The van der Waals surface area contributed by atoms with Gasteiger partial charge in [0.2, 0.25) is 0 Å². The van der Waals surface area contributed by atoms with Crippen molar-refractivity contribution in [3.05, 3.63) is 33.8 Å². The Morgan fingerprint density at radius 3 is 2.75 bits per heavy atom. The van der Waals surface area contributed by atoms with E-state index in [1.807, 2.05) is 12.1 Å². The average molecular weight is 318 g/mol. The van der Waals surface area contributed by atoms with Gasteiger partial charge in [-0.3, -0.25) is 0 Å². The van der Waals surface area contributed by atoms with E-state index in [1.165, 1.54) is 5.56 Å². The van der Waals surface area contributed by atoms with Gasteiger partial charge in [0.15, 0.2) is 0 Å². The summed E-state index contributed by atoms with van der Waals surface area (Å²) in [7, 11) is 0. The minimum Gasteiger partial charge on any atom is -0.394 e. The number of hydrogen-bond donors (Lipinski definition) is 2. The van der Waals surface area contributed by atoms with E-state index in [1.54, 1.807) is 0 Å². The van der Waals surface area contributed by atoms with Crippen LogP contribution in [0.5, 0.6) is 0 Å². The van der Waals surface area contributed by atoms with E-state index >= 15 is 0 Å². The molecule has 5 heteroatoms. The first-order valence-electron chi connectivity index (χ1n) is 7.03. The Balaban J connectivity index is 2.14. The predicted molar refractivity (Wildman–Crippen MR) is 82.8 cm³/mol. The lowest BCUT2D eigenvalue weighted by Crippen LogP contribution is -2.44. The fourth-order valence-electron chi connectivity index (χ4n) is 2.83. The minimum absolute atomic E-state index is 0.0436. The average Bonchev–Trinajstić information content (AvgIpc) is 2.47. The molecule has 112 valence electrons. The molecule has 1 atom stereocenters. The molecule has 0 radical (unpaired) electrons. The summed E-state index contributed by atoms with van der Waals surface area (Å²) in [6, 6.07) is 5.90. The molecular formula is C15H21Cl2NO2. The van der Waals surface area contributed by atoms with Crippen LogP contribution < -0.4 is 5.32 Å². The zero-order valence-electron chi connectivity index (χ0n) is 11.5. The Labute approximate surface area is 130 Å². The van der Waals surface area contributed by atoms with Crippen LogP contribution in [0.4, 0.5) is 0 Å². The van der Waals surface area contributed by atoms with Crippen LogP contribution in [0, 0.1) is 0 Å². The van der Waals surface area contributed by atoms with E-state index in [0.29, 0.717) is 23.3 Å². The van der Waals surface area contributed by atoms with Crippen molar-refractivity contribution < 1.29 is 9.84 Å². The molecule has 1 aromatic rings. The van der Waals surface area contributed by atoms with Crippen LogP contribution in [0.2, 0.25) is 10.0 Å². The molecule has 0 saturated carbocycles. The van der Waals surface area contributed by atoms with Crippen molar-refractivity contribution in [2.75, 3.05) is 32.9 Å². The van der Waals surface area contributed by atoms with Gasteiger partial charge in [0.05, 0.1) is 23.3 Å². The highest BCUT2D eigenvalue weighted by Gasteiger charge is 2.33. The van der Waals surface area contributed by atoms with E-state index in [0.717, 1.165) is 32.4 Å². The summed E-state index contributed by atoms with van der Waals surface area (Å²) in [6.45, 7) is 3.08. The molecule has 0 bridgehead atoms. The van der Waals surface area contributed by atoms with Gasteiger partial charge < -0.3 is 15.2 Å². The maximum Gasteiger partial charge on any atom is 0.0697 e. The summed E-state index contributed by atoms with van der Waals surface area (Å²) in [6.07, 6.45) is 3.17. The second-order valence-electron chi connectivity index (χ2n) is 5.28. The summed E-state index contributed by atoms with van der Waals surface area (Å²) in [5.74, 6) is 0. The molecular weight excluding hydrogens is 297 g/mol. The number of benzene rings is 1. The van der Waals surface area contributed by atoms with Gasteiger partial charge in [0.25, 0.3) is 0 Å². The molecule has 1 aromatic carbocycles. The quantitative estimate of drug-likeness (QED) is 0.792. The van der Waals surface area contributed by atoms with Gasteiger partial charge in [-0.2, -0.15) is 0 Å². The molecule has 2 N–H and O–H groups in total. The third kappa shape index (κ3) is 3.86. The Morgan fingerprint density at radius 1 is 1.25 bits per heavy atom. The number of piperidine rings is 1. The third-order valence-electron chi connectivity index (χ3n) is 3.96. The van der Waals surface area contributed by atoms with Crippen LogP contribution in [0.1, 0.15) is 24.8 Å². The van der Waals surface area contributed by atoms with E-state index in [9.17, 15) is 0 Å². The Morgan fingerprint density at radius 2 is 2.10 bits per heavy atom. The Hall–Kier alpha value is -0.320. The van der Waals surface area contributed by atoms with Gasteiger partial charge >= 0.3 is 0 Å². The van der Waals surface area contributed by atoms with Gasteiger partial charge in [-0.25, -0.2) is 0 Å². The van der Waals surface area contributed by atoms with Crippen molar-refractivity contribution in [2.24, 2.45) is 0 Å². The zero-order chi connectivity index (χ0) is 14.4. The monoisotopic (exact) mass is 317 g/mol. The smallest absolute Gasteiger partial charge is 0.0697 e. The van der Waals surface area contributed by atoms with Crippen molar-refractivity contribution in [2.45, 2.75) is 24.7 Å². The van der Waals surface area contributed by atoms with Crippen LogP contribution in [-0.4, -0.2) is 38.0 Å². The standard InChI is InChI=1S/C15H21Cl2NO2/c16-13-3-2-12(10-14(13)17)15(4-1-6-18-11-15)5-8-20-9-7-19/h2-3,10,18-19H,1,4-9,11H2/t15-/m1/s1. The molecule has 0 aromatic heterocycles. The minimum atomic E-state index is 0.0436. The van der Waals surface area contributed by atoms with Crippen molar-refractivity contribution in [3.63, 3.8) is 0 Å². The van der Waals surface area contributed by atoms with Gasteiger partial charge in [-0.15, -0.1) is 0 Å². The molecule has 0 unspecified atom stereocenters. The lowest BCUT2D eigenvalue weighted by atomic mass is 9.72. The fourth-order valence-corrected chi connectivity index (χ4v) is 3.13. The first-order chi connectivity index (χ1) is 9.68. The number of aliphatic hydroxyl groups is 1. The SMILES string of the molecule is OCCOCC[C@]1(c2ccc(Cl)c(Cl)c2)CCCNC1. The summed E-state index contributed by atoms with van der Waals surface area (Å²) < 4.78 is 5.45. The Bertz CT molecular complexity index is 434. The first kappa shape index (κ1) is 16.1. The molecule has 3 nitrogen and oxygen atoms in total.